The van der Waals surface area contributed by atoms with Gasteiger partial charge in [-0.1, -0.05) is 0 Å². The lowest BCUT2D eigenvalue weighted by Crippen LogP contribution is -2.43. The monoisotopic (exact) mass is 233 g/mol. The van der Waals surface area contributed by atoms with E-state index in [0.29, 0.717) is 18.9 Å². The van der Waals surface area contributed by atoms with Crippen LogP contribution in [0.4, 0.5) is 0 Å². The summed E-state index contributed by atoms with van der Waals surface area (Å²) in [6.45, 7) is 0.559. The molecule has 1 aromatic heterocycles. The number of rotatable bonds is 5. The SMILES string of the molecule is CN(C(=O)Cc1ccncc1)C(CN)C1CC1. The Hall–Kier alpha value is -1.42. The Kier molecular flexibility index (Phi) is 3.74. The highest BCUT2D eigenvalue weighted by Gasteiger charge is 2.34. The molecule has 0 saturated heterocycles. The Morgan fingerprint density at radius 1 is 1.53 bits per heavy atom. The number of likely N-dealkylation sites (N-methyl/N-ethyl adjacent to an activating group) is 1. The lowest BCUT2D eigenvalue weighted by molar-refractivity contribution is -0.131. The van der Waals surface area contributed by atoms with Crippen molar-refractivity contribution in [2.45, 2.75) is 25.3 Å². The third kappa shape index (κ3) is 3.03. The van der Waals surface area contributed by atoms with Crippen LogP contribution in [-0.2, 0) is 11.2 Å². The molecule has 1 aliphatic carbocycles. The number of carbonyl (C=O) groups is 1. The van der Waals surface area contributed by atoms with E-state index in [9.17, 15) is 4.79 Å². The highest BCUT2D eigenvalue weighted by Crippen LogP contribution is 2.34. The van der Waals surface area contributed by atoms with Gasteiger partial charge < -0.3 is 10.6 Å². The summed E-state index contributed by atoms with van der Waals surface area (Å²) in [5, 5.41) is 0. The van der Waals surface area contributed by atoms with E-state index < -0.39 is 0 Å². The van der Waals surface area contributed by atoms with Crippen LogP contribution in [0.15, 0.2) is 24.5 Å². The van der Waals surface area contributed by atoms with Crippen LogP contribution in [0.1, 0.15) is 18.4 Å². The van der Waals surface area contributed by atoms with Crippen LogP contribution < -0.4 is 5.73 Å². The zero-order valence-electron chi connectivity index (χ0n) is 10.2. The molecule has 4 heteroatoms. The third-order valence-corrected chi connectivity index (χ3v) is 3.40. The van der Waals surface area contributed by atoms with E-state index in [0.717, 1.165) is 5.56 Å². The maximum atomic E-state index is 12.1. The number of amides is 1. The summed E-state index contributed by atoms with van der Waals surface area (Å²) in [4.78, 5) is 17.9. The number of carbonyl (C=O) groups excluding carboxylic acids is 1. The van der Waals surface area contributed by atoms with E-state index in [1.807, 2.05) is 24.1 Å². The molecule has 0 aromatic carbocycles. The number of hydrogen-bond donors (Lipinski definition) is 1. The van der Waals surface area contributed by atoms with Crippen molar-refractivity contribution >= 4 is 5.91 Å². The standard InChI is InChI=1S/C13H19N3O/c1-16(12(9-14)11-2-3-11)13(17)8-10-4-6-15-7-5-10/h4-7,11-12H,2-3,8-9,14H2,1H3. The molecule has 1 aromatic rings. The molecule has 1 saturated carbocycles. The minimum atomic E-state index is 0.138. The van der Waals surface area contributed by atoms with Gasteiger partial charge in [0, 0.05) is 32.0 Å². The molecule has 0 aliphatic heterocycles. The van der Waals surface area contributed by atoms with Gasteiger partial charge in [-0.15, -0.1) is 0 Å². The number of nitrogens with zero attached hydrogens (tertiary/aromatic N) is 2. The summed E-state index contributed by atoms with van der Waals surface area (Å²) in [5.41, 5.74) is 6.75. The first-order valence-corrected chi connectivity index (χ1v) is 6.07. The normalized spacial score (nSPS) is 16.6. The third-order valence-electron chi connectivity index (χ3n) is 3.40. The van der Waals surface area contributed by atoms with E-state index in [1.165, 1.54) is 12.8 Å². The van der Waals surface area contributed by atoms with Crippen molar-refractivity contribution in [2.24, 2.45) is 11.7 Å². The summed E-state index contributed by atoms with van der Waals surface area (Å²) in [6, 6.07) is 3.96. The van der Waals surface area contributed by atoms with Gasteiger partial charge in [-0.3, -0.25) is 9.78 Å². The first kappa shape index (κ1) is 12.0. The van der Waals surface area contributed by atoms with Gasteiger partial charge in [0.25, 0.3) is 0 Å². The maximum absolute atomic E-state index is 12.1. The van der Waals surface area contributed by atoms with Crippen molar-refractivity contribution in [1.29, 1.82) is 0 Å². The molecule has 0 radical (unpaired) electrons. The van der Waals surface area contributed by atoms with Crippen LogP contribution >= 0.6 is 0 Å². The van der Waals surface area contributed by atoms with Gasteiger partial charge in [0.15, 0.2) is 0 Å². The highest BCUT2D eigenvalue weighted by atomic mass is 16.2. The van der Waals surface area contributed by atoms with E-state index >= 15 is 0 Å². The van der Waals surface area contributed by atoms with Crippen molar-refractivity contribution in [3.8, 4) is 0 Å². The molecule has 1 amide bonds. The van der Waals surface area contributed by atoms with Crippen LogP contribution in [0.25, 0.3) is 0 Å². The molecule has 0 spiro atoms. The molecule has 2 N–H and O–H groups in total. The topological polar surface area (TPSA) is 59.2 Å². The van der Waals surface area contributed by atoms with Crippen molar-refractivity contribution in [1.82, 2.24) is 9.88 Å². The zero-order chi connectivity index (χ0) is 12.3. The Balaban J connectivity index is 1.95. The smallest absolute Gasteiger partial charge is 0.227 e. The number of hydrogen-bond acceptors (Lipinski definition) is 3. The Labute approximate surface area is 102 Å². The molecular weight excluding hydrogens is 214 g/mol. The van der Waals surface area contributed by atoms with Crippen molar-refractivity contribution in [2.75, 3.05) is 13.6 Å². The second-order valence-corrected chi connectivity index (χ2v) is 4.68. The van der Waals surface area contributed by atoms with E-state index in [2.05, 4.69) is 4.98 Å². The van der Waals surface area contributed by atoms with Gasteiger partial charge in [-0.2, -0.15) is 0 Å². The van der Waals surface area contributed by atoms with E-state index in [1.54, 1.807) is 12.4 Å². The number of nitrogens with two attached hydrogens (primary N) is 1. The van der Waals surface area contributed by atoms with E-state index in [4.69, 9.17) is 5.73 Å². The van der Waals surface area contributed by atoms with Crippen LogP contribution in [0.5, 0.6) is 0 Å². The average molecular weight is 233 g/mol. The lowest BCUT2D eigenvalue weighted by atomic mass is 10.1. The fraction of sp³-hybridized carbons (Fsp3) is 0.538. The van der Waals surface area contributed by atoms with Crippen LogP contribution in [0, 0.1) is 5.92 Å². The van der Waals surface area contributed by atoms with Gasteiger partial charge in [0.2, 0.25) is 5.91 Å². The fourth-order valence-electron chi connectivity index (χ4n) is 2.13. The second kappa shape index (κ2) is 5.27. The number of pyridine rings is 1. The van der Waals surface area contributed by atoms with Crippen LogP contribution in [-0.4, -0.2) is 35.4 Å². The Bertz CT molecular complexity index is 376. The van der Waals surface area contributed by atoms with Crippen LogP contribution in [0.2, 0.25) is 0 Å². The van der Waals surface area contributed by atoms with Gasteiger partial charge in [-0.25, -0.2) is 0 Å². The molecular formula is C13H19N3O. The molecule has 1 aliphatic rings. The Morgan fingerprint density at radius 3 is 2.71 bits per heavy atom. The van der Waals surface area contributed by atoms with Gasteiger partial charge in [0.05, 0.1) is 6.42 Å². The minimum Gasteiger partial charge on any atom is -0.341 e. The van der Waals surface area contributed by atoms with Crippen molar-refractivity contribution < 1.29 is 4.79 Å². The molecule has 1 atom stereocenters. The fourth-order valence-corrected chi connectivity index (χ4v) is 2.13. The first-order chi connectivity index (χ1) is 8.22. The maximum Gasteiger partial charge on any atom is 0.227 e. The molecule has 1 unspecified atom stereocenters. The first-order valence-electron chi connectivity index (χ1n) is 6.07. The van der Waals surface area contributed by atoms with Crippen LogP contribution in [0.3, 0.4) is 0 Å². The summed E-state index contributed by atoms with van der Waals surface area (Å²) >= 11 is 0. The predicted molar refractivity (Wildman–Crippen MR) is 66.3 cm³/mol. The van der Waals surface area contributed by atoms with Crippen molar-refractivity contribution in [3.63, 3.8) is 0 Å². The summed E-state index contributed by atoms with van der Waals surface area (Å²) in [6.07, 6.45) is 6.26. The average Bonchev–Trinajstić information content (AvgIpc) is 3.15. The summed E-state index contributed by atoms with van der Waals surface area (Å²) < 4.78 is 0. The number of aromatic nitrogens is 1. The predicted octanol–water partition coefficient (Wildman–Crippen LogP) is 0.820. The van der Waals surface area contributed by atoms with Crippen molar-refractivity contribution in [3.05, 3.63) is 30.1 Å². The molecule has 4 nitrogen and oxygen atoms in total. The molecule has 2 rings (SSSR count). The molecule has 1 heterocycles. The zero-order valence-corrected chi connectivity index (χ0v) is 10.2. The lowest BCUT2D eigenvalue weighted by Gasteiger charge is -2.27. The highest BCUT2D eigenvalue weighted by molar-refractivity contribution is 5.78. The summed E-state index contributed by atoms with van der Waals surface area (Å²) in [7, 11) is 1.86. The van der Waals surface area contributed by atoms with Gasteiger partial charge in [0.1, 0.15) is 0 Å². The van der Waals surface area contributed by atoms with Gasteiger partial charge >= 0.3 is 0 Å². The quantitative estimate of drug-likeness (QED) is 0.819. The molecule has 92 valence electrons. The second-order valence-electron chi connectivity index (χ2n) is 4.68. The summed E-state index contributed by atoms with van der Waals surface area (Å²) in [5.74, 6) is 0.755. The minimum absolute atomic E-state index is 0.138. The largest absolute Gasteiger partial charge is 0.341 e. The van der Waals surface area contributed by atoms with Gasteiger partial charge in [-0.05, 0) is 36.5 Å². The Morgan fingerprint density at radius 2 is 2.18 bits per heavy atom. The molecule has 0 bridgehead atoms. The molecule has 17 heavy (non-hydrogen) atoms. The van der Waals surface area contributed by atoms with E-state index in [-0.39, 0.29) is 11.9 Å². The molecule has 1 fully saturated rings.